The molecule has 0 saturated carbocycles. The van der Waals surface area contributed by atoms with E-state index in [1.807, 2.05) is 0 Å². The van der Waals surface area contributed by atoms with Crippen molar-refractivity contribution in [3.63, 3.8) is 0 Å². The molecule has 3 aromatic rings. The smallest absolute Gasteiger partial charge is 0.287 e. The zero-order chi connectivity index (χ0) is 23.7. The lowest BCUT2D eigenvalue weighted by Gasteiger charge is -2.14. The van der Waals surface area contributed by atoms with E-state index in [9.17, 15) is 22.0 Å². The number of pyridine rings is 1. The third-order valence-electron chi connectivity index (χ3n) is 4.57. The van der Waals surface area contributed by atoms with Gasteiger partial charge in [0.2, 0.25) is 15.0 Å². The largest absolute Gasteiger partial charge is 0.493 e. The molecule has 32 heavy (non-hydrogen) atoms. The Hall–Kier alpha value is -3.34. The third kappa shape index (κ3) is 5.10. The fraction of sp³-hybridized carbons (Fsp3) is 0.286. The number of benzene rings is 1. The number of hydrogen-bond donors (Lipinski definition) is 0. The molecule has 2 aromatic heterocycles. The van der Waals surface area contributed by atoms with Gasteiger partial charge in [0.1, 0.15) is 5.69 Å². The van der Waals surface area contributed by atoms with Gasteiger partial charge < -0.3 is 14.0 Å². The molecule has 0 bridgehead atoms. The fourth-order valence-electron chi connectivity index (χ4n) is 2.95. The first-order valence-electron chi connectivity index (χ1n) is 9.31. The maximum atomic E-state index is 13.9. The zero-order valence-corrected chi connectivity index (χ0v) is 18.6. The van der Waals surface area contributed by atoms with Crippen LogP contribution in [-0.4, -0.2) is 43.4 Å². The summed E-state index contributed by atoms with van der Waals surface area (Å²) in [5, 5.41) is -0.718. The lowest BCUT2D eigenvalue weighted by atomic mass is 10.1. The molecule has 0 unspecified atom stereocenters. The van der Waals surface area contributed by atoms with Gasteiger partial charge in [0, 0.05) is 31.0 Å². The van der Waals surface area contributed by atoms with Crippen LogP contribution in [0.5, 0.6) is 11.5 Å². The zero-order valence-electron chi connectivity index (χ0n) is 17.8. The summed E-state index contributed by atoms with van der Waals surface area (Å²) < 4.78 is 63.5. The topological polar surface area (TPSA) is 100 Å². The number of halogens is 2. The Balaban J connectivity index is 2.08. The number of ether oxygens (including phenoxy) is 2. The summed E-state index contributed by atoms with van der Waals surface area (Å²) in [5.74, 6) is -2.37. The molecular weight excluding hydrogens is 444 g/mol. The van der Waals surface area contributed by atoms with Gasteiger partial charge in [0.05, 0.1) is 26.5 Å². The SMILES string of the molecule is COc1ccc(Cn2cc(-c3cc(C(C)(F)F)nc(S(C)(=O)=O)n3)ccc2=O)cc1OC. The van der Waals surface area contributed by atoms with Gasteiger partial charge >= 0.3 is 0 Å². The van der Waals surface area contributed by atoms with E-state index < -0.39 is 26.6 Å². The highest BCUT2D eigenvalue weighted by atomic mass is 32.2. The van der Waals surface area contributed by atoms with Crippen LogP contribution in [0.25, 0.3) is 11.3 Å². The normalized spacial score (nSPS) is 11.9. The molecule has 0 saturated heterocycles. The average Bonchev–Trinajstić information content (AvgIpc) is 2.73. The molecular formula is C21H21F2N3O5S. The molecule has 0 amide bonds. The standard InChI is InChI=1S/C21H21F2N3O5S/c1-21(22,23)18-10-15(24-20(25-18)32(4,28)29)14-6-8-19(27)26(12-14)11-13-5-7-16(30-2)17(9-13)31-3/h5-10,12H,11H2,1-4H3. The van der Waals surface area contributed by atoms with Gasteiger partial charge in [-0.1, -0.05) is 6.07 Å². The second-order valence-corrected chi connectivity index (χ2v) is 9.06. The molecule has 1 aromatic carbocycles. The first-order chi connectivity index (χ1) is 14.9. The second kappa shape index (κ2) is 8.65. The molecule has 0 aliphatic carbocycles. The summed E-state index contributed by atoms with van der Waals surface area (Å²) in [5.41, 5.74) is -0.120. The van der Waals surface area contributed by atoms with Gasteiger partial charge in [0.25, 0.3) is 11.5 Å². The van der Waals surface area contributed by atoms with Crippen molar-refractivity contribution in [1.29, 1.82) is 0 Å². The molecule has 3 rings (SSSR count). The lowest BCUT2D eigenvalue weighted by Crippen LogP contribution is -2.20. The maximum Gasteiger partial charge on any atom is 0.287 e. The molecule has 0 aliphatic heterocycles. The van der Waals surface area contributed by atoms with Crippen molar-refractivity contribution in [1.82, 2.24) is 14.5 Å². The van der Waals surface area contributed by atoms with Crippen LogP contribution in [0, 0.1) is 0 Å². The monoisotopic (exact) mass is 465 g/mol. The number of hydrogen-bond acceptors (Lipinski definition) is 7. The highest BCUT2D eigenvalue weighted by Crippen LogP contribution is 2.30. The van der Waals surface area contributed by atoms with Gasteiger partial charge in [-0.15, -0.1) is 0 Å². The summed E-state index contributed by atoms with van der Waals surface area (Å²) in [4.78, 5) is 19.8. The van der Waals surface area contributed by atoms with E-state index in [0.717, 1.165) is 17.9 Å². The van der Waals surface area contributed by atoms with Crippen molar-refractivity contribution >= 4 is 9.84 Å². The van der Waals surface area contributed by atoms with Crippen LogP contribution < -0.4 is 15.0 Å². The summed E-state index contributed by atoms with van der Waals surface area (Å²) in [7, 11) is -0.951. The van der Waals surface area contributed by atoms with Crippen LogP contribution in [0.15, 0.2) is 52.5 Å². The average molecular weight is 465 g/mol. The summed E-state index contributed by atoms with van der Waals surface area (Å²) in [6, 6.07) is 8.81. The Morgan fingerprint density at radius 1 is 1.03 bits per heavy atom. The molecule has 0 fully saturated rings. The molecule has 0 atom stereocenters. The quantitative estimate of drug-likeness (QED) is 0.495. The van der Waals surface area contributed by atoms with Crippen molar-refractivity contribution in [2.24, 2.45) is 0 Å². The number of nitrogens with zero attached hydrogens (tertiary/aromatic N) is 3. The van der Waals surface area contributed by atoms with Crippen LogP contribution in [0.2, 0.25) is 0 Å². The van der Waals surface area contributed by atoms with Gasteiger partial charge in [0.15, 0.2) is 11.5 Å². The summed E-state index contributed by atoms with van der Waals surface area (Å²) in [6.07, 6.45) is 2.26. The highest BCUT2D eigenvalue weighted by molar-refractivity contribution is 7.90. The fourth-order valence-corrected chi connectivity index (χ4v) is 3.47. The minimum Gasteiger partial charge on any atom is -0.493 e. The minimum atomic E-state index is -3.95. The van der Waals surface area contributed by atoms with E-state index in [1.165, 1.54) is 37.1 Å². The summed E-state index contributed by atoms with van der Waals surface area (Å²) >= 11 is 0. The number of aromatic nitrogens is 3. The predicted octanol–water partition coefficient (Wildman–Crippen LogP) is 2.89. The number of sulfone groups is 1. The van der Waals surface area contributed by atoms with Crippen molar-refractivity contribution in [3.05, 3.63) is 64.2 Å². The molecule has 2 heterocycles. The Morgan fingerprint density at radius 3 is 2.31 bits per heavy atom. The second-order valence-electron chi connectivity index (χ2n) is 7.15. The Morgan fingerprint density at radius 2 is 1.72 bits per heavy atom. The van der Waals surface area contributed by atoms with E-state index in [-0.39, 0.29) is 23.4 Å². The third-order valence-corrected chi connectivity index (χ3v) is 5.41. The first kappa shape index (κ1) is 23.3. The summed E-state index contributed by atoms with van der Waals surface area (Å²) in [6.45, 7) is 0.761. The number of rotatable bonds is 7. The van der Waals surface area contributed by atoms with Crippen LogP contribution in [0.4, 0.5) is 8.78 Å². The molecule has 8 nitrogen and oxygen atoms in total. The molecule has 0 radical (unpaired) electrons. The van der Waals surface area contributed by atoms with Gasteiger partial charge in [-0.2, -0.15) is 8.78 Å². The Bertz CT molecular complexity index is 1320. The Kier molecular flexibility index (Phi) is 6.31. The predicted molar refractivity (Wildman–Crippen MR) is 113 cm³/mol. The lowest BCUT2D eigenvalue weighted by molar-refractivity contribution is 0.0120. The highest BCUT2D eigenvalue weighted by Gasteiger charge is 2.29. The van der Waals surface area contributed by atoms with E-state index in [1.54, 1.807) is 18.2 Å². The van der Waals surface area contributed by atoms with Crippen LogP contribution in [-0.2, 0) is 22.3 Å². The Labute approximate surface area is 183 Å². The van der Waals surface area contributed by atoms with Crippen molar-refractivity contribution in [2.45, 2.75) is 24.5 Å². The van der Waals surface area contributed by atoms with E-state index in [4.69, 9.17) is 9.47 Å². The van der Waals surface area contributed by atoms with Crippen molar-refractivity contribution < 1.29 is 26.7 Å². The number of methoxy groups -OCH3 is 2. The van der Waals surface area contributed by atoms with Crippen LogP contribution in [0.1, 0.15) is 18.2 Å². The van der Waals surface area contributed by atoms with Crippen LogP contribution >= 0.6 is 0 Å². The van der Waals surface area contributed by atoms with E-state index in [2.05, 4.69) is 9.97 Å². The van der Waals surface area contributed by atoms with Crippen molar-refractivity contribution in [3.8, 4) is 22.8 Å². The minimum absolute atomic E-state index is 0.0435. The van der Waals surface area contributed by atoms with E-state index in [0.29, 0.717) is 18.4 Å². The molecule has 170 valence electrons. The van der Waals surface area contributed by atoms with E-state index >= 15 is 0 Å². The van der Waals surface area contributed by atoms with Gasteiger partial charge in [-0.25, -0.2) is 18.4 Å². The molecule has 11 heteroatoms. The van der Waals surface area contributed by atoms with Crippen LogP contribution in [0.3, 0.4) is 0 Å². The van der Waals surface area contributed by atoms with Gasteiger partial charge in [-0.05, 0) is 29.8 Å². The first-order valence-corrected chi connectivity index (χ1v) is 11.2. The maximum absolute atomic E-state index is 13.9. The number of alkyl halides is 2. The molecule has 0 N–H and O–H groups in total. The van der Waals surface area contributed by atoms with Gasteiger partial charge in [-0.3, -0.25) is 4.79 Å². The van der Waals surface area contributed by atoms with Crippen molar-refractivity contribution in [2.75, 3.05) is 20.5 Å². The molecule has 0 spiro atoms. The molecule has 0 aliphatic rings.